The lowest BCUT2D eigenvalue weighted by Gasteiger charge is -2.27. The van der Waals surface area contributed by atoms with E-state index in [9.17, 15) is 4.79 Å². The first-order valence-corrected chi connectivity index (χ1v) is 10.4. The Morgan fingerprint density at radius 1 is 1.29 bits per heavy atom. The highest BCUT2D eigenvalue weighted by Gasteiger charge is 2.65. The van der Waals surface area contributed by atoms with Gasteiger partial charge in [-0.2, -0.15) is 0 Å². The van der Waals surface area contributed by atoms with E-state index in [-0.39, 0.29) is 11.1 Å². The van der Waals surface area contributed by atoms with Gasteiger partial charge >= 0.3 is 0 Å². The number of ether oxygens (including phenoxy) is 1. The highest BCUT2D eigenvalue weighted by Crippen LogP contribution is 2.73. The van der Waals surface area contributed by atoms with E-state index in [1.54, 1.807) is 7.11 Å². The molecule has 4 heteroatoms. The number of hydrogen-bond donors (Lipinski definition) is 1. The molecular formula is C17H27NO2P+. The molecule has 1 aliphatic carbocycles. The molecule has 0 atom stereocenters. The van der Waals surface area contributed by atoms with E-state index >= 15 is 0 Å². The molecule has 1 aromatic rings. The highest BCUT2D eigenvalue weighted by molar-refractivity contribution is 7.77. The molecule has 0 heterocycles. The van der Waals surface area contributed by atoms with Crippen LogP contribution in [0.1, 0.15) is 30.9 Å². The molecule has 1 saturated carbocycles. The molecule has 0 unspecified atom stereocenters. The van der Waals surface area contributed by atoms with E-state index in [1.165, 1.54) is 0 Å². The van der Waals surface area contributed by atoms with E-state index in [0.717, 1.165) is 41.6 Å². The molecule has 0 radical (unpaired) electrons. The first-order chi connectivity index (χ1) is 9.77. The van der Waals surface area contributed by atoms with Gasteiger partial charge in [0.05, 0.1) is 13.3 Å². The number of amides is 1. The van der Waals surface area contributed by atoms with Gasteiger partial charge in [0.15, 0.2) is 5.16 Å². The van der Waals surface area contributed by atoms with Crippen molar-refractivity contribution in [2.75, 3.05) is 31.9 Å². The Hall–Kier alpha value is -1.08. The number of hydrogen-bond acceptors (Lipinski definition) is 2. The lowest BCUT2D eigenvalue weighted by Crippen LogP contribution is -2.33. The fourth-order valence-electron chi connectivity index (χ4n) is 3.00. The number of methoxy groups -OCH3 is 1. The van der Waals surface area contributed by atoms with Crippen LogP contribution >= 0.6 is 7.26 Å². The van der Waals surface area contributed by atoms with Gasteiger partial charge in [-0.1, -0.05) is 0 Å². The molecule has 116 valence electrons. The second kappa shape index (κ2) is 5.61. The predicted molar refractivity (Wildman–Crippen MR) is 92.4 cm³/mol. The number of rotatable bonds is 5. The van der Waals surface area contributed by atoms with Gasteiger partial charge in [0.1, 0.15) is 5.75 Å². The Balaban J connectivity index is 2.25. The first-order valence-electron chi connectivity index (χ1n) is 7.57. The number of carbonyl (C=O) groups excluding carboxylic acids is 1. The average molecular weight is 308 g/mol. The molecule has 1 fully saturated rings. The summed E-state index contributed by atoms with van der Waals surface area (Å²) in [4.78, 5) is 12.8. The maximum absolute atomic E-state index is 12.8. The summed E-state index contributed by atoms with van der Waals surface area (Å²) in [5.74, 6) is 1.06. The molecule has 3 nitrogen and oxygen atoms in total. The molecule has 1 amide bonds. The summed E-state index contributed by atoms with van der Waals surface area (Å²) >= 11 is 0. The Morgan fingerprint density at radius 2 is 1.81 bits per heavy atom. The Bertz CT molecular complexity index is 539. The van der Waals surface area contributed by atoms with Gasteiger partial charge in [-0.05, 0) is 44.0 Å². The minimum atomic E-state index is -1.19. The standard InChI is InChI=1S/C17H26NO2P/c1-7-21(5,6)17(8-9-17)16(19)18-15-12(2)10-14(20-4)11-13(15)3/h10-11H,7-9H2,1-6H3/p+1. The van der Waals surface area contributed by atoms with Gasteiger partial charge in [-0.15, -0.1) is 0 Å². The molecule has 0 saturated heterocycles. The summed E-state index contributed by atoms with van der Waals surface area (Å²) in [6, 6.07) is 3.95. The first kappa shape index (κ1) is 16.3. The zero-order valence-corrected chi connectivity index (χ0v) is 14.9. The lowest BCUT2D eigenvalue weighted by atomic mass is 10.1. The van der Waals surface area contributed by atoms with Gasteiger partial charge in [-0.25, -0.2) is 0 Å². The third-order valence-corrected chi connectivity index (χ3v) is 9.62. The van der Waals surface area contributed by atoms with Crippen molar-refractivity contribution in [3.05, 3.63) is 23.3 Å². The summed E-state index contributed by atoms with van der Waals surface area (Å²) in [6.07, 6.45) is 3.21. The van der Waals surface area contributed by atoms with Crippen LogP contribution < -0.4 is 10.1 Å². The van der Waals surface area contributed by atoms with Crippen molar-refractivity contribution < 1.29 is 9.53 Å². The fraction of sp³-hybridized carbons (Fsp3) is 0.588. The molecule has 0 bridgehead atoms. The molecule has 1 aliphatic rings. The zero-order valence-electron chi connectivity index (χ0n) is 14.0. The van der Waals surface area contributed by atoms with Crippen LogP contribution in [-0.4, -0.2) is 37.7 Å². The molecule has 0 spiro atoms. The molecular weight excluding hydrogens is 281 g/mol. The summed E-state index contributed by atoms with van der Waals surface area (Å²) < 4.78 is 5.28. The third-order valence-electron chi connectivity index (χ3n) is 5.08. The van der Waals surface area contributed by atoms with Crippen molar-refractivity contribution in [2.24, 2.45) is 0 Å². The highest BCUT2D eigenvalue weighted by atomic mass is 31.2. The minimum Gasteiger partial charge on any atom is -0.497 e. The SMILES string of the molecule is CC[P+](C)(C)C1(C(=O)Nc2c(C)cc(OC)cc2C)CC1. The number of carbonyl (C=O) groups is 1. The van der Waals surface area contributed by atoms with Gasteiger partial charge in [0.25, 0.3) is 5.91 Å². The Labute approximate surface area is 128 Å². The third kappa shape index (κ3) is 2.81. The van der Waals surface area contributed by atoms with Crippen LogP contribution in [-0.2, 0) is 4.79 Å². The molecule has 21 heavy (non-hydrogen) atoms. The molecule has 0 aromatic heterocycles. The maximum Gasteiger partial charge on any atom is 0.268 e. The van der Waals surface area contributed by atoms with Crippen LogP contribution in [0, 0.1) is 13.8 Å². The van der Waals surface area contributed by atoms with E-state index in [2.05, 4.69) is 25.6 Å². The second-order valence-corrected chi connectivity index (χ2v) is 11.5. The lowest BCUT2D eigenvalue weighted by molar-refractivity contribution is -0.116. The van der Waals surface area contributed by atoms with Crippen LogP contribution in [0.5, 0.6) is 5.75 Å². The summed E-state index contributed by atoms with van der Waals surface area (Å²) in [6.45, 7) is 10.9. The van der Waals surface area contributed by atoms with Crippen LogP contribution in [0.25, 0.3) is 0 Å². The summed E-state index contributed by atoms with van der Waals surface area (Å²) in [5.41, 5.74) is 3.07. The van der Waals surface area contributed by atoms with E-state index in [1.807, 2.05) is 26.0 Å². The summed E-state index contributed by atoms with van der Waals surface area (Å²) in [5, 5.41) is 3.12. The predicted octanol–water partition coefficient (Wildman–Crippen LogP) is 4.08. The quantitative estimate of drug-likeness (QED) is 0.832. The molecule has 2 rings (SSSR count). The second-order valence-electron chi connectivity index (χ2n) is 6.62. The van der Waals surface area contributed by atoms with Gasteiger partial charge in [0.2, 0.25) is 0 Å². The van der Waals surface area contributed by atoms with Gasteiger partial charge in [-0.3, -0.25) is 4.79 Å². The van der Waals surface area contributed by atoms with Gasteiger partial charge in [0, 0.05) is 39.1 Å². The van der Waals surface area contributed by atoms with Crippen molar-refractivity contribution in [1.82, 2.24) is 0 Å². The van der Waals surface area contributed by atoms with E-state index in [4.69, 9.17) is 4.74 Å². The topological polar surface area (TPSA) is 38.3 Å². The fourth-order valence-corrected chi connectivity index (χ4v) is 5.53. The van der Waals surface area contributed by atoms with Crippen LogP contribution in [0.4, 0.5) is 5.69 Å². The minimum absolute atomic E-state index is 0.0828. The largest absolute Gasteiger partial charge is 0.497 e. The Kier molecular flexibility index (Phi) is 4.35. The normalized spacial score (nSPS) is 16.5. The number of nitrogens with one attached hydrogen (secondary N) is 1. The van der Waals surface area contributed by atoms with Crippen molar-refractivity contribution in [3.8, 4) is 5.75 Å². The number of anilines is 1. The smallest absolute Gasteiger partial charge is 0.268 e. The van der Waals surface area contributed by atoms with Crippen molar-refractivity contribution in [1.29, 1.82) is 0 Å². The van der Waals surface area contributed by atoms with Gasteiger partial charge < -0.3 is 10.1 Å². The van der Waals surface area contributed by atoms with Crippen LogP contribution in [0.2, 0.25) is 0 Å². The summed E-state index contributed by atoms with van der Waals surface area (Å²) in [7, 11) is 0.476. The number of aryl methyl sites for hydroxylation is 2. The monoisotopic (exact) mass is 308 g/mol. The van der Waals surface area contributed by atoms with Crippen molar-refractivity contribution >= 4 is 18.9 Å². The van der Waals surface area contributed by atoms with Crippen LogP contribution in [0.3, 0.4) is 0 Å². The molecule has 0 aliphatic heterocycles. The Morgan fingerprint density at radius 3 is 2.19 bits per heavy atom. The number of benzene rings is 1. The molecule has 1 aromatic carbocycles. The molecule has 1 N–H and O–H groups in total. The average Bonchev–Trinajstić information content (AvgIpc) is 3.24. The van der Waals surface area contributed by atoms with E-state index < -0.39 is 7.26 Å². The van der Waals surface area contributed by atoms with Crippen LogP contribution in [0.15, 0.2) is 12.1 Å². The van der Waals surface area contributed by atoms with Crippen molar-refractivity contribution in [3.63, 3.8) is 0 Å². The van der Waals surface area contributed by atoms with Crippen molar-refractivity contribution in [2.45, 2.75) is 38.8 Å². The zero-order chi connectivity index (χ0) is 15.8. The maximum atomic E-state index is 12.8. The van der Waals surface area contributed by atoms with E-state index in [0.29, 0.717) is 0 Å².